The highest BCUT2D eigenvalue weighted by atomic mass is 16.2. The number of aryl methyl sites for hydroxylation is 1. The second kappa shape index (κ2) is 6.46. The predicted octanol–water partition coefficient (Wildman–Crippen LogP) is 0.235. The maximum Gasteiger partial charge on any atom is 0.324 e. The van der Waals surface area contributed by atoms with Gasteiger partial charge in [-0.3, -0.25) is 14.6 Å². The molecule has 24 heavy (non-hydrogen) atoms. The van der Waals surface area contributed by atoms with E-state index in [0.29, 0.717) is 6.54 Å². The summed E-state index contributed by atoms with van der Waals surface area (Å²) in [7, 11) is 1.53. The third-order valence-corrected chi connectivity index (χ3v) is 5.15. The molecule has 0 aromatic carbocycles. The van der Waals surface area contributed by atoms with Gasteiger partial charge in [-0.1, -0.05) is 6.92 Å². The van der Waals surface area contributed by atoms with Crippen LogP contribution >= 0.6 is 0 Å². The van der Waals surface area contributed by atoms with Crippen molar-refractivity contribution in [2.45, 2.75) is 51.7 Å². The molecule has 0 aliphatic carbocycles. The molecule has 2 atom stereocenters. The zero-order valence-electron chi connectivity index (χ0n) is 14.5. The second-order valence-electron chi connectivity index (χ2n) is 6.89. The van der Waals surface area contributed by atoms with Gasteiger partial charge in [0.15, 0.2) is 5.82 Å². The number of imide groups is 1. The smallest absolute Gasteiger partial charge is 0.323 e. The number of urea groups is 1. The molecule has 0 bridgehead atoms. The molecule has 0 saturated carbocycles. The first-order valence-corrected chi connectivity index (χ1v) is 8.53. The summed E-state index contributed by atoms with van der Waals surface area (Å²) in [5.74, 6) is 0.792. The fourth-order valence-electron chi connectivity index (χ4n) is 3.67. The lowest BCUT2D eigenvalue weighted by Crippen LogP contribution is -2.55. The van der Waals surface area contributed by atoms with E-state index in [4.69, 9.17) is 0 Å². The van der Waals surface area contributed by atoms with Crippen molar-refractivity contribution in [1.82, 2.24) is 35.3 Å². The Kier molecular flexibility index (Phi) is 4.53. The summed E-state index contributed by atoms with van der Waals surface area (Å²) >= 11 is 0. The molecule has 3 amide bonds. The van der Waals surface area contributed by atoms with Crippen molar-refractivity contribution in [3.63, 3.8) is 0 Å². The summed E-state index contributed by atoms with van der Waals surface area (Å²) in [6.45, 7) is 7.09. The molecule has 1 aromatic heterocycles. The van der Waals surface area contributed by atoms with Crippen LogP contribution in [-0.4, -0.2) is 67.6 Å². The first-order chi connectivity index (χ1) is 11.5. The van der Waals surface area contributed by atoms with Crippen LogP contribution in [0.25, 0.3) is 0 Å². The number of likely N-dealkylation sites (N-methyl/N-ethyl adjacent to an activating group) is 1. The zero-order chi connectivity index (χ0) is 17.3. The van der Waals surface area contributed by atoms with Gasteiger partial charge in [0.2, 0.25) is 0 Å². The van der Waals surface area contributed by atoms with E-state index in [9.17, 15) is 9.59 Å². The Morgan fingerprint density at radius 3 is 2.83 bits per heavy atom. The van der Waals surface area contributed by atoms with Gasteiger partial charge < -0.3 is 5.32 Å². The van der Waals surface area contributed by atoms with Gasteiger partial charge in [-0.15, -0.1) is 5.10 Å². The van der Waals surface area contributed by atoms with E-state index in [1.54, 1.807) is 0 Å². The third kappa shape index (κ3) is 2.88. The maximum atomic E-state index is 12.5. The molecule has 1 aromatic rings. The third-order valence-electron chi connectivity index (χ3n) is 5.15. The number of nitrogens with zero attached hydrogens (tertiary/aromatic N) is 6. The van der Waals surface area contributed by atoms with Crippen LogP contribution in [0.1, 0.15) is 38.9 Å². The van der Waals surface area contributed by atoms with Crippen molar-refractivity contribution < 1.29 is 9.59 Å². The van der Waals surface area contributed by atoms with Crippen molar-refractivity contribution in [1.29, 1.82) is 0 Å². The number of aromatic nitrogens is 4. The van der Waals surface area contributed by atoms with Crippen LogP contribution in [0.3, 0.4) is 0 Å². The van der Waals surface area contributed by atoms with Gasteiger partial charge in [0.25, 0.3) is 5.91 Å². The fraction of sp³-hybridized carbons (Fsp3) is 0.800. The number of piperidine rings is 1. The van der Waals surface area contributed by atoms with E-state index in [0.717, 1.165) is 44.7 Å². The molecule has 3 heterocycles. The summed E-state index contributed by atoms with van der Waals surface area (Å²) in [6, 6.07) is -0.313. The standard InChI is InChI=1S/C15H25N7O2/c1-4-7-22-12(17-18-19-22)10-21-8-5-6-11(9-21)15(2)13(23)20(3)14(24)16-15/h11H,4-10H2,1-3H3,(H,16,24)/t11-,15+/m1/s1. The molecule has 0 spiro atoms. The van der Waals surface area contributed by atoms with E-state index < -0.39 is 5.54 Å². The number of amides is 3. The average Bonchev–Trinajstić information content (AvgIpc) is 3.08. The lowest BCUT2D eigenvalue weighted by molar-refractivity contribution is -0.132. The number of carbonyl (C=O) groups is 2. The molecule has 2 aliphatic heterocycles. The van der Waals surface area contributed by atoms with Gasteiger partial charge in [0.05, 0.1) is 6.54 Å². The monoisotopic (exact) mass is 335 g/mol. The zero-order valence-corrected chi connectivity index (χ0v) is 14.5. The lowest BCUT2D eigenvalue weighted by atomic mass is 9.80. The van der Waals surface area contributed by atoms with Crippen molar-refractivity contribution >= 4 is 11.9 Å². The summed E-state index contributed by atoms with van der Waals surface area (Å²) in [6.07, 6.45) is 2.89. The molecular formula is C15H25N7O2. The Morgan fingerprint density at radius 2 is 2.17 bits per heavy atom. The van der Waals surface area contributed by atoms with E-state index in [2.05, 4.69) is 32.7 Å². The molecule has 9 heteroatoms. The van der Waals surface area contributed by atoms with Crippen LogP contribution < -0.4 is 5.32 Å². The summed E-state index contributed by atoms with van der Waals surface area (Å²) in [4.78, 5) is 27.8. The van der Waals surface area contributed by atoms with Crippen molar-refractivity contribution in [2.24, 2.45) is 5.92 Å². The molecule has 3 rings (SSSR count). The molecule has 132 valence electrons. The van der Waals surface area contributed by atoms with Crippen LogP contribution in [0.15, 0.2) is 0 Å². The van der Waals surface area contributed by atoms with Crippen LogP contribution in [0.2, 0.25) is 0 Å². The van der Waals surface area contributed by atoms with E-state index in [-0.39, 0.29) is 17.9 Å². The topological polar surface area (TPSA) is 96.2 Å². The normalized spacial score (nSPS) is 28.5. The van der Waals surface area contributed by atoms with Crippen molar-refractivity contribution in [2.75, 3.05) is 20.1 Å². The number of tetrazole rings is 1. The number of hydrogen-bond donors (Lipinski definition) is 1. The van der Waals surface area contributed by atoms with Crippen LogP contribution in [-0.2, 0) is 17.9 Å². The molecular weight excluding hydrogens is 310 g/mol. The molecule has 2 aliphatic rings. The quantitative estimate of drug-likeness (QED) is 0.774. The van der Waals surface area contributed by atoms with Crippen molar-refractivity contribution in [3.05, 3.63) is 5.82 Å². The summed E-state index contributed by atoms with van der Waals surface area (Å²) in [5.41, 5.74) is -0.820. The molecule has 0 radical (unpaired) electrons. The van der Waals surface area contributed by atoms with Crippen LogP contribution in [0, 0.1) is 5.92 Å². The average molecular weight is 335 g/mol. The van der Waals surface area contributed by atoms with Gasteiger partial charge in [0.1, 0.15) is 5.54 Å². The fourth-order valence-corrected chi connectivity index (χ4v) is 3.67. The van der Waals surface area contributed by atoms with E-state index in [1.165, 1.54) is 11.9 Å². The van der Waals surface area contributed by atoms with Gasteiger partial charge in [0, 0.05) is 26.1 Å². The minimum atomic E-state index is -0.820. The Balaban J connectivity index is 1.69. The SMILES string of the molecule is CCCn1nnnc1CN1CCC[C@@H]([C@]2(C)NC(=O)N(C)C2=O)C1. The summed E-state index contributed by atoms with van der Waals surface area (Å²) in [5, 5.41) is 14.8. The van der Waals surface area contributed by atoms with E-state index in [1.807, 2.05) is 11.6 Å². The highest BCUT2D eigenvalue weighted by Crippen LogP contribution is 2.32. The highest BCUT2D eigenvalue weighted by Gasteiger charge is 2.51. The first kappa shape index (κ1) is 16.8. The number of likely N-dealkylation sites (tertiary alicyclic amines) is 1. The Labute approximate surface area is 141 Å². The summed E-state index contributed by atoms with van der Waals surface area (Å²) < 4.78 is 1.83. The highest BCUT2D eigenvalue weighted by molar-refractivity contribution is 6.06. The maximum absolute atomic E-state index is 12.5. The van der Waals surface area contributed by atoms with E-state index >= 15 is 0 Å². The van der Waals surface area contributed by atoms with Gasteiger partial charge in [-0.05, 0) is 43.2 Å². The Hall–Kier alpha value is -2.03. The number of nitrogens with one attached hydrogen (secondary N) is 1. The van der Waals surface area contributed by atoms with Crippen LogP contribution in [0.5, 0.6) is 0 Å². The number of rotatable bonds is 5. The molecule has 1 N–H and O–H groups in total. The van der Waals surface area contributed by atoms with Gasteiger partial charge >= 0.3 is 6.03 Å². The second-order valence-corrected chi connectivity index (χ2v) is 6.89. The van der Waals surface area contributed by atoms with Gasteiger partial charge in [-0.25, -0.2) is 9.48 Å². The molecule has 2 saturated heterocycles. The minimum absolute atomic E-state index is 0.0863. The molecule has 9 nitrogen and oxygen atoms in total. The molecule has 0 unspecified atom stereocenters. The number of carbonyl (C=O) groups excluding carboxylic acids is 2. The first-order valence-electron chi connectivity index (χ1n) is 8.53. The number of hydrogen-bond acceptors (Lipinski definition) is 6. The molecule has 2 fully saturated rings. The predicted molar refractivity (Wildman–Crippen MR) is 85.8 cm³/mol. The van der Waals surface area contributed by atoms with Crippen molar-refractivity contribution in [3.8, 4) is 0 Å². The minimum Gasteiger partial charge on any atom is -0.323 e. The largest absolute Gasteiger partial charge is 0.324 e. The van der Waals surface area contributed by atoms with Gasteiger partial charge in [-0.2, -0.15) is 0 Å². The lowest BCUT2D eigenvalue weighted by Gasteiger charge is -2.39. The van der Waals surface area contributed by atoms with Crippen LogP contribution in [0.4, 0.5) is 4.79 Å². The Bertz CT molecular complexity index is 631. The Morgan fingerprint density at radius 1 is 1.38 bits per heavy atom.